The lowest BCUT2D eigenvalue weighted by molar-refractivity contribution is -0.135. The van der Waals surface area contributed by atoms with Crippen LogP contribution >= 0.6 is 0 Å². The predicted molar refractivity (Wildman–Crippen MR) is 66.1 cm³/mol. The zero-order valence-electron chi connectivity index (χ0n) is 10.5. The van der Waals surface area contributed by atoms with Gasteiger partial charge < -0.3 is 4.74 Å². The maximum Gasteiger partial charge on any atom is 0.293 e. The average Bonchev–Trinajstić information content (AvgIpc) is 2.29. The van der Waals surface area contributed by atoms with Crippen LogP contribution in [0.25, 0.3) is 0 Å². The Bertz CT molecular complexity index is 287. The lowest BCUT2D eigenvalue weighted by Crippen LogP contribution is -2.20. The Kier molecular flexibility index (Phi) is 5.30. The van der Waals surface area contributed by atoms with Crippen LogP contribution < -0.4 is 0 Å². The molecule has 2 nitrogen and oxygen atoms in total. The summed E-state index contributed by atoms with van der Waals surface area (Å²) in [5.74, 6) is 0.375. The third-order valence-corrected chi connectivity index (χ3v) is 3.23. The van der Waals surface area contributed by atoms with E-state index < -0.39 is 0 Å². The molecule has 1 unspecified atom stereocenters. The normalized spacial score (nSPS) is 20.8. The molecule has 0 aromatic rings. The molecule has 0 radical (unpaired) electrons. The van der Waals surface area contributed by atoms with E-state index in [0.717, 1.165) is 25.7 Å². The van der Waals surface area contributed by atoms with Gasteiger partial charge in [0.15, 0.2) is 0 Å². The molecule has 1 rings (SSSR count). The van der Waals surface area contributed by atoms with E-state index in [1.807, 2.05) is 0 Å². The topological polar surface area (TPSA) is 26.3 Å². The monoisotopic (exact) mass is 222 g/mol. The second-order valence-corrected chi connectivity index (χ2v) is 4.82. The van der Waals surface area contributed by atoms with Crippen molar-refractivity contribution >= 4 is 6.47 Å². The molecule has 16 heavy (non-hydrogen) atoms. The molecule has 1 aliphatic rings. The second-order valence-electron chi connectivity index (χ2n) is 4.82. The first-order chi connectivity index (χ1) is 7.65. The van der Waals surface area contributed by atoms with Crippen molar-refractivity contribution in [3.05, 3.63) is 23.3 Å². The van der Waals surface area contributed by atoms with Crippen LogP contribution in [0.4, 0.5) is 0 Å². The third-order valence-electron chi connectivity index (χ3n) is 3.23. The zero-order chi connectivity index (χ0) is 12.0. The molecule has 0 aromatic heterocycles. The van der Waals surface area contributed by atoms with E-state index in [1.54, 1.807) is 0 Å². The summed E-state index contributed by atoms with van der Waals surface area (Å²) in [4.78, 5) is 10.4. The molecule has 0 aromatic carbocycles. The summed E-state index contributed by atoms with van der Waals surface area (Å²) in [5.41, 5.74) is 2.91. The maximum absolute atomic E-state index is 10.4. The summed E-state index contributed by atoms with van der Waals surface area (Å²) in [6, 6.07) is 0. The van der Waals surface area contributed by atoms with Crippen LogP contribution in [-0.2, 0) is 9.53 Å². The van der Waals surface area contributed by atoms with Crippen LogP contribution in [0.3, 0.4) is 0 Å². The van der Waals surface area contributed by atoms with Crippen molar-refractivity contribution in [1.82, 2.24) is 0 Å². The van der Waals surface area contributed by atoms with E-state index in [-0.39, 0.29) is 6.10 Å². The smallest absolute Gasteiger partial charge is 0.293 e. The van der Waals surface area contributed by atoms with Gasteiger partial charge in [0, 0.05) is 6.42 Å². The molecule has 0 heterocycles. The number of ether oxygens (including phenoxy) is 1. The van der Waals surface area contributed by atoms with Crippen LogP contribution in [0, 0.1) is 5.92 Å². The number of carbonyl (C=O) groups is 1. The van der Waals surface area contributed by atoms with Crippen molar-refractivity contribution in [3.8, 4) is 0 Å². The van der Waals surface area contributed by atoms with Gasteiger partial charge in [0.05, 0.1) is 0 Å². The molecular weight excluding hydrogens is 200 g/mol. The van der Waals surface area contributed by atoms with Gasteiger partial charge in [-0.1, -0.05) is 37.1 Å². The van der Waals surface area contributed by atoms with Gasteiger partial charge in [-0.05, 0) is 32.1 Å². The summed E-state index contributed by atoms with van der Waals surface area (Å²) in [7, 11) is 0. The molecule has 0 aliphatic heterocycles. The van der Waals surface area contributed by atoms with Crippen molar-refractivity contribution in [2.24, 2.45) is 5.92 Å². The fourth-order valence-corrected chi connectivity index (χ4v) is 2.05. The highest BCUT2D eigenvalue weighted by molar-refractivity contribution is 5.37. The Balaban J connectivity index is 2.62. The van der Waals surface area contributed by atoms with E-state index in [2.05, 4.69) is 32.9 Å². The Morgan fingerprint density at radius 1 is 1.50 bits per heavy atom. The van der Waals surface area contributed by atoms with Crippen LogP contribution in [0.5, 0.6) is 0 Å². The number of hydrogen-bond acceptors (Lipinski definition) is 2. The van der Waals surface area contributed by atoms with Gasteiger partial charge in [-0.2, -0.15) is 0 Å². The maximum atomic E-state index is 10.4. The highest BCUT2D eigenvalue weighted by Gasteiger charge is 2.16. The van der Waals surface area contributed by atoms with Gasteiger partial charge >= 0.3 is 0 Å². The molecule has 90 valence electrons. The molecule has 1 atom stereocenters. The van der Waals surface area contributed by atoms with E-state index in [0.29, 0.717) is 12.4 Å². The Labute approximate surface area is 98.4 Å². The minimum atomic E-state index is 0.0240. The van der Waals surface area contributed by atoms with Gasteiger partial charge in [0.2, 0.25) is 0 Å². The van der Waals surface area contributed by atoms with Gasteiger partial charge in [-0.3, -0.25) is 4.79 Å². The quantitative estimate of drug-likeness (QED) is 0.524. The third kappa shape index (κ3) is 3.84. The highest BCUT2D eigenvalue weighted by atomic mass is 16.5. The lowest BCUT2D eigenvalue weighted by atomic mass is 9.91. The lowest BCUT2D eigenvalue weighted by Gasteiger charge is -2.21. The standard InChI is InChI=1S/C14H22O2/c1-11(2)14(16-10-15)9-12(3)13-7-5-4-6-8-13/h4-5,10-11,14H,6-9H2,1-3H3/b13-12-. The fraction of sp³-hybridized carbons (Fsp3) is 0.643. The summed E-state index contributed by atoms with van der Waals surface area (Å²) in [6.07, 6.45) is 8.74. The van der Waals surface area contributed by atoms with Gasteiger partial charge in [-0.15, -0.1) is 0 Å². The van der Waals surface area contributed by atoms with Crippen molar-refractivity contribution in [3.63, 3.8) is 0 Å². The van der Waals surface area contributed by atoms with Crippen molar-refractivity contribution in [2.75, 3.05) is 0 Å². The van der Waals surface area contributed by atoms with E-state index in [9.17, 15) is 4.79 Å². The Hall–Kier alpha value is -1.05. The van der Waals surface area contributed by atoms with Crippen molar-refractivity contribution in [1.29, 1.82) is 0 Å². The summed E-state index contributed by atoms with van der Waals surface area (Å²) >= 11 is 0. The van der Waals surface area contributed by atoms with Crippen LogP contribution in [0.2, 0.25) is 0 Å². The minimum absolute atomic E-state index is 0.0240. The van der Waals surface area contributed by atoms with Gasteiger partial charge in [-0.25, -0.2) is 0 Å². The summed E-state index contributed by atoms with van der Waals surface area (Å²) in [5, 5.41) is 0. The van der Waals surface area contributed by atoms with Crippen LogP contribution in [0.1, 0.15) is 46.5 Å². The number of rotatable bonds is 5. The molecule has 2 heteroatoms. The van der Waals surface area contributed by atoms with Crippen LogP contribution in [0.15, 0.2) is 23.3 Å². The summed E-state index contributed by atoms with van der Waals surface area (Å²) in [6.45, 7) is 6.92. The largest absolute Gasteiger partial charge is 0.464 e. The molecule has 0 saturated carbocycles. The first-order valence-corrected chi connectivity index (χ1v) is 6.06. The highest BCUT2D eigenvalue weighted by Crippen LogP contribution is 2.25. The Morgan fingerprint density at radius 3 is 2.75 bits per heavy atom. The molecule has 0 bridgehead atoms. The Morgan fingerprint density at radius 2 is 2.25 bits per heavy atom. The first-order valence-electron chi connectivity index (χ1n) is 6.06. The van der Waals surface area contributed by atoms with E-state index >= 15 is 0 Å². The second kappa shape index (κ2) is 6.51. The van der Waals surface area contributed by atoms with Crippen molar-refractivity contribution < 1.29 is 9.53 Å². The van der Waals surface area contributed by atoms with Gasteiger partial charge in [0.1, 0.15) is 6.10 Å². The number of carbonyl (C=O) groups excluding carboxylic acids is 1. The zero-order valence-corrected chi connectivity index (χ0v) is 10.5. The molecule has 0 spiro atoms. The van der Waals surface area contributed by atoms with Gasteiger partial charge in [0.25, 0.3) is 6.47 Å². The SMILES string of the molecule is C/C(CC(OC=O)C(C)C)=C1\CC=CCC1. The molecule has 0 fully saturated rings. The predicted octanol–water partition coefficient (Wildman–Crippen LogP) is 3.63. The van der Waals surface area contributed by atoms with E-state index in [1.165, 1.54) is 11.1 Å². The molecule has 0 amide bonds. The molecular formula is C14H22O2. The number of allylic oxidation sites excluding steroid dienone is 3. The van der Waals surface area contributed by atoms with Crippen molar-refractivity contribution in [2.45, 2.75) is 52.6 Å². The fourth-order valence-electron chi connectivity index (χ4n) is 2.05. The minimum Gasteiger partial charge on any atom is -0.464 e. The van der Waals surface area contributed by atoms with E-state index in [4.69, 9.17) is 4.74 Å². The molecule has 1 aliphatic carbocycles. The summed E-state index contributed by atoms with van der Waals surface area (Å²) < 4.78 is 5.13. The molecule has 0 saturated heterocycles. The average molecular weight is 222 g/mol. The first kappa shape index (κ1) is 13.0. The van der Waals surface area contributed by atoms with Crippen LogP contribution in [-0.4, -0.2) is 12.6 Å². The molecule has 0 N–H and O–H groups in total. The number of hydrogen-bond donors (Lipinski definition) is 0.